The first-order valence-corrected chi connectivity index (χ1v) is 13.7. The molecule has 3 atom stereocenters. The second-order valence-electron chi connectivity index (χ2n) is 9.94. The predicted octanol–water partition coefficient (Wildman–Crippen LogP) is 3.84. The SMILES string of the molecule is CCc1cccc(-c2c(Cl)cccc2C(O)(CCCNC(=O)OC)C2CCCN(C(=O)CC(O)CN)C2)c1. The van der Waals surface area contributed by atoms with Crippen LogP contribution in [0.25, 0.3) is 11.1 Å². The molecule has 1 aliphatic rings. The zero-order chi connectivity index (χ0) is 27.7. The molecule has 3 unspecified atom stereocenters. The predicted molar refractivity (Wildman–Crippen MR) is 149 cm³/mol. The highest BCUT2D eigenvalue weighted by atomic mass is 35.5. The number of likely N-dealkylation sites (tertiary alicyclic amines) is 1. The van der Waals surface area contributed by atoms with E-state index in [1.807, 2.05) is 30.3 Å². The Balaban J connectivity index is 2.00. The second kappa shape index (κ2) is 13.9. The number of aliphatic hydroxyl groups excluding tert-OH is 1. The first-order valence-electron chi connectivity index (χ1n) is 13.3. The van der Waals surface area contributed by atoms with Gasteiger partial charge in [0.1, 0.15) is 0 Å². The molecule has 1 saturated heterocycles. The van der Waals surface area contributed by atoms with Crippen LogP contribution in [0.4, 0.5) is 4.79 Å². The number of benzene rings is 2. The summed E-state index contributed by atoms with van der Waals surface area (Å²) in [5.74, 6) is -0.454. The van der Waals surface area contributed by atoms with Crippen LogP contribution in [0.1, 0.15) is 50.2 Å². The molecule has 1 fully saturated rings. The van der Waals surface area contributed by atoms with Gasteiger partial charge in [0.2, 0.25) is 5.91 Å². The van der Waals surface area contributed by atoms with Crippen molar-refractivity contribution in [2.45, 2.75) is 57.2 Å². The Kier molecular flexibility index (Phi) is 11.0. The molecule has 1 heterocycles. The molecule has 1 aliphatic heterocycles. The molecule has 208 valence electrons. The van der Waals surface area contributed by atoms with Crippen LogP contribution in [0, 0.1) is 5.92 Å². The molecule has 8 nitrogen and oxygen atoms in total. The van der Waals surface area contributed by atoms with Crippen molar-refractivity contribution in [3.05, 3.63) is 58.6 Å². The summed E-state index contributed by atoms with van der Waals surface area (Å²) in [6.07, 6.45) is 1.67. The van der Waals surface area contributed by atoms with Crippen LogP contribution >= 0.6 is 11.6 Å². The van der Waals surface area contributed by atoms with Gasteiger partial charge >= 0.3 is 6.09 Å². The number of aliphatic hydroxyl groups is 2. The fourth-order valence-corrected chi connectivity index (χ4v) is 5.60. The van der Waals surface area contributed by atoms with Crippen LogP contribution in [0.2, 0.25) is 5.02 Å². The number of alkyl carbamates (subject to hydrolysis) is 1. The quantitative estimate of drug-likeness (QED) is 0.318. The van der Waals surface area contributed by atoms with Gasteiger partial charge in [-0.1, -0.05) is 54.9 Å². The van der Waals surface area contributed by atoms with Crippen molar-refractivity contribution in [1.82, 2.24) is 10.2 Å². The van der Waals surface area contributed by atoms with E-state index in [9.17, 15) is 19.8 Å². The average molecular weight is 546 g/mol. The van der Waals surface area contributed by atoms with Gasteiger partial charge in [-0.15, -0.1) is 0 Å². The summed E-state index contributed by atoms with van der Waals surface area (Å²) in [4.78, 5) is 26.2. The van der Waals surface area contributed by atoms with E-state index in [0.717, 1.165) is 29.5 Å². The van der Waals surface area contributed by atoms with E-state index in [2.05, 4.69) is 29.1 Å². The molecule has 0 saturated carbocycles. The van der Waals surface area contributed by atoms with E-state index in [-0.39, 0.29) is 24.8 Å². The molecule has 3 rings (SSSR count). The number of halogens is 1. The van der Waals surface area contributed by atoms with E-state index in [4.69, 9.17) is 17.3 Å². The van der Waals surface area contributed by atoms with E-state index in [1.165, 1.54) is 7.11 Å². The zero-order valence-electron chi connectivity index (χ0n) is 22.3. The number of hydrogen-bond donors (Lipinski definition) is 4. The normalized spacial score (nSPS) is 17.9. The number of piperidine rings is 1. The van der Waals surface area contributed by atoms with Crippen molar-refractivity contribution in [3.63, 3.8) is 0 Å². The molecule has 0 spiro atoms. The summed E-state index contributed by atoms with van der Waals surface area (Å²) < 4.78 is 4.68. The molecular formula is C29H40ClN3O5. The smallest absolute Gasteiger partial charge is 0.406 e. The van der Waals surface area contributed by atoms with Crippen molar-refractivity contribution in [2.75, 3.05) is 33.3 Å². The first-order chi connectivity index (χ1) is 18.2. The van der Waals surface area contributed by atoms with Crippen LogP contribution in [0.15, 0.2) is 42.5 Å². The molecule has 38 heavy (non-hydrogen) atoms. The Morgan fingerprint density at radius 1 is 1.29 bits per heavy atom. The zero-order valence-corrected chi connectivity index (χ0v) is 23.0. The minimum Gasteiger partial charge on any atom is -0.453 e. The number of hydrogen-bond acceptors (Lipinski definition) is 6. The number of rotatable bonds is 11. The summed E-state index contributed by atoms with van der Waals surface area (Å²) in [7, 11) is 1.31. The van der Waals surface area contributed by atoms with Gasteiger partial charge in [0.15, 0.2) is 0 Å². The molecule has 0 aliphatic carbocycles. The molecule has 0 radical (unpaired) electrons. The van der Waals surface area contributed by atoms with Crippen LogP contribution < -0.4 is 11.1 Å². The fourth-order valence-electron chi connectivity index (χ4n) is 5.31. The topological polar surface area (TPSA) is 125 Å². The maximum absolute atomic E-state index is 12.9. The fraction of sp³-hybridized carbons (Fsp3) is 0.517. The van der Waals surface area contributed by atoms with Gasteiger partial charge < -0.3 is 30.9 Å². The molecule has 0 bridgehead atoms. The highest BCUT2D eigenvalue weighted by Gasteiger charge is 2.43. The van der Waals surface area contributed by atoms with Gasteiger partial charge in [0.05, 0.1) is 25.2 Å². The number of aryl methyl sites for hydroxylation is 1. The Morgan fingerprint density at radius 3 is 2.76 bits per heavy atom. The summed E-state index contributed by atoms with van der Waals surface area (Å²) in [5, 5.41) is 25.7. The number of ether oxygens (including phenoxy) is 1. The molecule has 2 aromatic rings. The Bertz CT molecular complexity index is 1100. The van der Waals surface area contributed by atoms with E-state index >= 15 is 0 Å². The highest BCUT2D eigenvalue weighted by molar-refractivity contribution is 6.33. The lowest BCUT2D eigenvalue weighted by Gasteiger charge is -2.44. The van der Waals surface area contributed by atoms with Crippen LogP contribution in [-0.4, -0.2) is 66.5 Å². The van der Waals surface area contributed by atoms with E-state index in [0.29, 0.717) is 49.5 Å². The third-order valence-corrected chi connectivity index (χ3v) is 7.74. The number of nitrogens with zero attached hydrogens (tertiary/aromatic N) is 1. The van der Waals surface area contributed by atoms with Crippen LogP contribution in [0.3, 0.4) is 0 Å². The molecular weight excluding hydrogens is 506 g/mol. The third kappa shape index (κ3) is 7.26. The summed E-state index contributed by atoms with van der Waals surface area (Å²) >= 11 is 6.79. The van der Waals surface area contributed by atoms with Crippen molar-refractivity contribution >= 4 is 23.6 Å². The van der Waals surface area contributed by atoms with Gasteiger partial charge in [-0.05, 0) is 54.9 Å². The Labute approximate surface area is 230 Å². The van der Waals surface area contributed by atoms with Gasteiger partial charge in [-0.25, -0.2) is 4.79 Å². The Hall–Kier alpha value is -2.65. The number of carbonyl (C=O) groups is 2. The minimum absolute atomic E-state index is 0.0167. The monoisotopic (exact) mass is 545 g/mol. The summed E-state index contributed by atoms with van der Waals surface area (Å²) in [5.41, 5.74) is 7.75. The highest BCUT2D eigenvalue weighted by Crippen LogP contribution is 2.45. The maximum Gasteiger partial charge on any atom is 0.406 e. The third-order valence-electron chi connectivity index (χ3n) is 7.43. The molecule has 9 heteroatoms. The van der Waals surface area contributed by atoms with E-state index in [1.54, 1.807) is 4.90 Å². The van der Waals surface area contributed by atoms with Crippen molar-refractivity contribution in [1.29, 1.82) is 0 Å². The van der Waals surface area contributed by atoms with Crippen molar-refractivity contribution < 1.29 is 24.5 Å². The maximum atomic E-state index is 12.9. The lowest BCUT2D eigenvalue weighted by molar-refractivity contribution is -0.138. The van der Waals surface area contributed by atoms with Gasteiger partial charge in [-0.2, -0.15) is 0 Å². The minimum atomic E-state index is -1.33. The van der Waals surface area contributed by atoms with Crippen molar-refractivity contribution in [2.24, 2.45) is 11.7 Å². The van der Waals surface area contributed by atoms with Gasteiger partial charge in [-0.3, -0.25) is 4.79 Å². The molecule has 0 aromatic heterocycles. The number of nitrogens with two attached hydrogens (primary N) is 1. The van der Waals surface area contributed by atoms with Crippen molar-refractivity contribution in [3.8, 4) is 11.1 Å². The van der Waals surface area contributed by atoms with Crippen LogP contribution in [-0.2, 0) is 21.6 Å². The molecule has 2 aromatic carbocycles. The molecule has 5 N–H and O–H groups in total. The van der Waals surface area contributed by atoms with E-state index < -0.39 is 17.8 Å². The number of nitrogens with one attached hydrogen (secondary N) is 1. The van der Waals surface area contributed by atoms with Gasteiger partial charge in [0.25, 0.3) is 0 Å². The number of methoxy groups -OCH3 is 1. The summed E-state index contributed by atoms with van der Waals surface area (Å²) in [6.45, 7) is 3.34. The number of amides is 2. The molecule has 2 amide bonds. The number of carbonyl (C=O) groups excluding carboxylic acids is 2. The lowest BCUT2D eigenvalue weighted by atomic mass is 9.72. The van der Waals surface area contributed by atoms with Crippen LogP contribution in [0.5, 0.6) is 0 Å². The summed E-state index contributed by atoms with van der Waals surface area (Å²) in [6, 6.07) is 13.7. The van der Waals surface area contributed by atoms with Gasteiger partial charge in [0, 0.05) is 42.7 Å². The largest absolute Gasteiger partial charge is 0.453 e. The second-order valence-corrected chi connectivity index (χ2v) is 10.3. The lowest BCUT2D eigenvalue weighted by Crippen LogP contribution is -2.49. The standard InChI is InChI=1S/C29H40ClN3O5/c1-3-20-8-4-9-21(16-20)27-24(11-5-12-25(27)30)29(37,13-7-14-32-28(36)38-2)22-10-6-15-33(19-22)26(35)17-23(34)18-31/h4-5,8-9,11-12,16,22-23,34,37H,3,6-7,10,13-15,17-19,31H2,1-2H3,(H,32,36). The Morgan fingerprint density at radius 2 is 2.05 bits per heavy atom. The average Bonchev–Trinajstić information content (AvgIpc) is 2.94. The first kappa shape index (κ1) is 29.9.